The molecule has 18 heavy (non-hydrogen) atoms. The van der Waals surface area contributed by atoms with E-state index in [0.717, 1.165) is 0 Å². The van der Waals surface area contributed by atoms with Gasteiger partial charge in [0.25, 0.3) is 0 Å². The Morgan fingerprint density at radius 3 is 2.44 bits per heavy atom. The molecule has 0 aliphatic carbocycles. The number of amides is 1. The van der Waals surface area contributed by atoms with Crippen LogP contribution in [0.25, 0.3) is 0 Å². The highest BCUT2D eigenvalue weighted by atomic mass is 31.2. The normalized spacial score (nSPS) is 14.9. The lowest BCUT2D eigenvalue weighted by Gasteiger charge is -2.17. The van der Waals surface area contributed by atoms with Gasteiger partial charge in [-0.15, -0.1) is 0 Å². The summed E-state index contributed by atoms with van der Waals surface area (Å²) in [5.74, 6) is -0.457. The molecule has 0 spiro atoms. The molecule has 0 aliphatic heterocycles. The molecule has 0 saturated carbocycles. The number of benzene rings is 1. The Morgan fingerprint density at radius 1 is 1.39 bits per heavy atom. The standard InChI is InChI=1S/C11H17N2O4P/c1-8(18(15,16)17)7-10(12)11(14)13-9-5-3-2-4-6-9/h2-6,8,10H,7,12H2,1H3,(H,13,14)(H2,15,16,17)/t8?,10-/m1/s1. The largest absolute Gasteiger partial charge is 0.328 e. The van der Waals surface area contributed by atoms with Gasteiger partial charge < -0.3 is 20.8 Å². The molecular weight excluding hydrogens is 255 g/mol. The number of hydrogen-bond donors (Lipinski definition) is 4. The van der Waals surface area contributed by atoms with Crippen molar-refractivity contribution in [2.24, 2.45) is 5.73 Å². The third kappa shape index (κ3) is 4.58. The van der Waals surface area contributed by atoms with Crippen LogP contribution < -0.4 is 11.1 Å². The molecule has 0 heterocycles. The van der Waals surface area contributed by atoms with E-state index in [9.17, 15) is 9.36 Å². The van der Waals surface area contributed by atoms with Gasteiger partial charge in [-0.05, 0) is 18.6 Å². The first-order chi connectivity index (χ1) is 8.30. The van der Waals surface area contributed by atoms with Crippen molar-refractivity contribution in [2.75, 3.05) is 5.32 Å². The average Bonchev–Trinajstić information content (AvgIpc) is 2.28. The summed E-state index contributed by atoms with van der Waals surface area (Å²) in [6.45, 7) is 1.37. The topological polar surface area (TPSA) is 113 Å². The fraction of sp³-hybridized carbons (Fsp3) is 0.364. The van der Waals surface area contributed by atoms with E-state index in [4.69, 9.17) is 15.5 Å². The molecule has 1 unspecified atom stereocenters. The molecule has 0 fully saturated rings. The van der Waals surface area contributed by atoms with E-state index < -0.39 is 25.2 Å². The number of para-hydroxylation sites is 1. The Hall–Kier alpha value is -1.20. The number of nitrogens with two attached hydrogens (primary N) is 1. The molecule has 5 N–H and O–H groups in total. The second-order valence-corrected chi connectivity index (χ2v) is 6.20. The van der Waals surface area contributed by atoms with Crippen LogP contribution in [0.15, 0.2) is 30.3 Å². The van der Waals surface area contributed by atoms with Crippen molar-refractivity contribution < 1.29 is 19.1 Å². The molecule has 6 nitrogen and oxygen atoms in total. The summed E-state index contributed by atoms with van der Waals surface area (Å²) >= 11 is 0. The van der Waals surface area contributed by atoms with E-state index >= 15 is 0 Å². The Balaban J connectivity index is 2.55. The van der Waals surface area contributed by atoms with Gasteiger partial charge in [0.15, 0.2) is 0 Å². The lowest BCUT2D eigenvalue weighted by Crippen LogP contribution is -2.37. The van der Waals surface area contributed by atoms with Crippen molar-refractivity contribution >= 4 is 19.2 Å². The first-order valence-corrected chi connectivity index (χ1v) is 7.15. The summed E-state index contributed by atoms with van der Waals surface area (Å²) in [6.07, 6.45) is -0.0665. The summed E-state index contributed by atoms with van der Waals surface area (Å²) in [5.41, 5.74) is 5.27. The van der Waals surface area contributed by atoms with Crippen LogP contribution in [0, 0.1) is 0 Å². The Bertz CT molecular complexity index is 446. The molecule has 0 aliphatic rings. The number of carbonyl (C=O) groups is 1. The monoisotopic (exact) mass is 272 g/mol. The maximum atomic E-state index is 11.7. The maximum absolute atomic E-state index is 11.7. The first kappa shape index (κ1) is 14.9. The molecule has 7 heteroatoms. The number of carbonyl (C=O) groups excluding carboxylic acids is 1. The molecule has 100 valence electrons. The number of hydrogen-bond acceptors (Lipinski definition) is 3. The van der Waals surface area contributed by atoms with Gasteiger partial charge in [-0.1, -0.05) is 25.1 Å². The molecular formula is C11H17N2O4P. The molecule has 0 bridgehead atoms. The molecule has 0 aromatic heterocycles. The van der Waals surface area contributed by atoms with Crippen LogP contribution in [0.1, 0.15) is 13.3 Å². The first-order valence-electron chi connectivity index (χ1n) is 5.47. The second-order valence-electron chi connectivity index (χ2n) is 4.14. The summed E-state index contributed by atoms with van der Waals surface area (Å²) in [4.78, 5) is 29.5. The third-order valence-corrected chi connectivity index (χ3v) is 3.91. The predicted octanol–water partition coefficient (Wildman–Crippen LogP) is 0.909. The average molecular weight is 272 g/mol. The van der Waals surface area contributed by atoms with Crippen molar-refractivity contribution in [1.82, 2.24) is 0 Å². The van der Waals surface area contributed by atoms with Crippen molar-refractivity contribution in [3.63, 3.8) is 0 Å². The molecule has 1 amide bonds. The third-order valence-electron chi connectivity index (χ3n) is 2.55. The number of nitrogens with one attached hydrogen (secondary N) is 1. The van der Waals surface area contributed by atoms with E-state index in [0.29, 0.717) is 5.69 Å². The van der Waals surface area contributed by atoms with Crippen molar-refractivity contribution in [1.29, 1.82) is 0 Å². The van der Waals surface area contributed by atoms with Gasteiger partial charge in [0, 0.05) is 5.69 Å². The van der Waals surface area contributed by atoms with Gasteiger partial charge in [-0.25, -0.2) is 0 Å². The van der Waals surface area contributed by atoms with Crippen LogP contribution in [0.3, 0.4) is 0 Å². The highest BCUT2D eigenvalue weighted by Gasteiger charge is 2.28. The van der Waals surface area contributed by atoms with Crippen LogP contribution >= 0.6 is 7.60 Å². The highest BCUT2D eigenvalue weighted by molar-refractivity contribution is 7.52. The zero-order valence-electron chi connectivity index (χ0n) is 9.98. The van der Waals surface area contributed by atoms with Gasteiger partial charge in [0.05, 0.1) is 11.7 Å². The number of anilines is 1. The zero-order valence-corrected chi connectivity index (χ0v) is 10.9. The van der Waals surface area contributed by atoms with Crippen LogP contribution in [0.5, 0.6) is 0 Å². The van der Waals surface area contributed by atoms with Crippen LogP contribution in [0.2, 0.25) is 0 Å². The lowest BCUT2D eigenvalue weighted by atomic mass is 10.1. The van der Waals surface area contributed by atoms with Crippen molar-refractivity contribution in [3.8, 4) is 0 Å². The smallest absolute Gasteiger partial charge is 0.325 e. The van der Waals surface area contributed by atoms with Gasteiger partial charge in [0.1, 0.15) is 0 Å². The van der Waals surface area contributed by atoms with Gasteiger partial charge in [0.2, 0.25) is 5.91 Å². The second kappa shape index (κ2) is 6.11. The zero-order chi connectivity index (χ0) is 13.8. The molecule has 1 aromatic rings. The summed E-state index contributed by atoms with van der Waals surface area (Å²) in [7, 11) is -4.19. The van der Waals surface area contributed by atoms with E-state index in [1.807, 2.05) is 6.07 Å². The summed E-state index contributed by atoms with van der Waals surface area (Å²) in [6, 6.07) is 7.80. The van der Waals surface area contributed by atoms with E-state index in [2.05, 4.69) is 5.32 Å². The SMILES string of the molecule is CC(C[C@@H](N)C(=O)Nc1ccccc1)P(=O)(O)O. The molecule has 1 rings (SSSR count). The van der Waals surface area contributed by atoms with Crippen molar-refractivity contribution in [2.45, 2.75) is 25.0 Å². The van der Waals surface area contributed by atoms with E-state index in [1.54, 1.807) is 24.3 Å². The quantitative estimate of drug-likeness (QED) is 0.595. The number of rotatable bonds is 5. The minimum Gasteiger partial charge on any atom is -0.325 e. The van der Waals surface area contributed by atoms with E-state index in [-0.39, 0.29) is 6.42 Å². The summed E-state index contributed by atoms with van der Waals surface area (Å²) < 4.78 is 11.0. The molecule has 2 atom stereocenters. The lowest BCUT2D eigenvalue weighted by molar-refractivity contribution is -0.117. The van der Waals surface area contributed by atoms with Gasteiger partial charge in [-0.2, -0.15) is 0 Å². The van der Waals surface area contributed by atoms with Crippen LogP contribution in [-0.4, -0.2) is 27.4 Å². The van der Waals surface area contributed by atoms with Gasteiger partial charge >= 0.3 is 7.60 Å². The minimum absolute atomic E-state index is 0.0665. The molecule has 1 aromatic carbocycles. The highest BCUT2D eigenvalue weighted by Crippen LogP contribution is 2.42. The Morgan fingerprint density at radius 2 is 1.94 bits per heavy atom. The van der Waals surface area contributed by atoms with Crippen LogP contribution in [0.4, 0.5) is 5.69 Å². The maximum Gasteiger partial charge on any atom is 0.328 e. The fourth-order valence-corrected chi connectivity index (χ4v) is 1.87. The Kier molecular flexibility index (Phi) is 5.04. The molecule has 0 radical (unpaired) electrons. The fourth-order valence-electron chi connectivity index (χ4n) is 1.37. The molecule has 0 saturated heterocycles. The van der Waals surface area contributed by atoms with Crippen molar-refractivity contribution in [3.05, 3.63) is 30.3 Å². The van der Waals surface area contributed by atoms with Gasteiger partial charge in [-0.3, -0.25) is 9.36 Å². The minimum atomic E-state index is -4.19. The summed E-state index contributed by atoms with van der Waals surface area (Å²) in [5, 5.41) is 2.58. The van der Waals surface area contributed by atoms with Crippen LogP contribution in [-0.2, 0) is 9.36 Å². The van der Waals surface area contributed by atoms with E-state index in [1.165, 1.54) is 6.92 Å². The predicted molar refractivity (Wildman–Crippen MR) is 69.2 cm³/mol. The Labute approximate surface area is 105 Å².